The highest BCUT2D eigenvalue weighted by atomic mass is 16.2. The summed E-state index contributed by atoms with van der Waals surface area (Å²) in [5.41, 5.74) is -0.0344. The second-order valence-corrected chi connectivity index (χ2v) is 6.49. The number of urea groups is 1. The van der Waals surface area contributed by atoms with E-state index in [-0.39, 0.29) is 29.9 Å². The Morgan fingerprint density at radius 3 is 2.50 bits per heavy atom. The Morgan fingerprint density at radius 2 is 2.05 bits per heavy atom. The Bertz CT molecular complexity index is 368. The van der Waals surface area contributed by atoms with Gasteiger partial charge in [-0.05, 0) is 33.4 Å². The molecule has 0 bridgehead atoms. The first-order chi connectivity index (χ1) is 9.17. The van der Waals surface area contributed by atoms with Gasteiger partial charge in [-0.15, -0.1) is 0 Å². The monoisotopic (exact) mass is 284 g/mol. The summed E-state index contributed by atoms with van der Waals surface area (Å²) in [6.07, 6.45) is 0. The van der Waals surface area contributed by atoms with Crippen LogP contribution in [0.2, 0.25) is 0 Å². The quantitative estimate of drug-likeness (QED) is 0.812. The van der Waals surface area contributed by atoms with Gasteiger partial charge in [0.2, 0.25) is 5.91 Å². The first-order valence-electron chi connectivity index (χ1n) is 7.15. The number of carbonyl (C=O) groups is 2. The molecule has 3 amide bonds. The lowest BCUT2D eigenvalue weighted by atomic mass is 9.85. The maximum atomic E-state index is 12.2. The molecule has 0 aromatic rings. The van der Waals surface area contributed by atoms with E-state index >= 15 is 0 Å². The third kappa shape index (κ3) is 4.10. The Labute approximate surface area is 122 Å². The van der Waals surface area contributed by atoms with Crippen LogP contribution < -0.4 is 5.32 Å². The standard InChI is InChI=1S/C14H28N4O2/c1-7-17-10-18(8-12(17)19)13(20)15-11(2)14(3,4)9-16(5)6/h11H,7-10H2,1-6H3,(H,15,20)/t11-/m1/s1. The van der Waals surface area contributed by atoms with E-state index in [9.17, 15) is 9.59 Å². The zero-order chi connectivity index (χ0) is 15.5. The van der Waals surface area contributed by atoms with E-state index in [4.69, 9.17) is 0 Å². The fraction of sp³-hybridized carbons (Fsp3) is 0.857. The van der Waals surface area contributed by atoms with E-state index in [1.165, 1.54) is 0 Å². The Balaban J connectivity index is 2.56. The van der Waals surface area contributed by atoms with Crippen LogP contribution in [0, 0.1) is 5.41 Å². The summed E-state index contributed by atoms with van der Waals surface area (Å²) in [5.74, 6) is 0.0165. The molecule has 20 heavy (non-hydrogen) atoms. The van der Waals surface area contributed by atoms with Crippen molar-refractivity contribution in [1.82, 2.24) is 20.0 Å². The molecule has 116 valence electrons. The van der Waals surface area contributed by atoms with E-state index in [0.29, 0.717) is 13.2 Å². The lowest BCUT2D eigenvalue weighted by Crippen LogP contribution is -2.51. The van der Waals surface area contributed by atoms with Crippen LogP contribution >= 0.6 is 0 Å². The Kier molecular flexibility index (Phi) is 5.39. The van der Waals surface area contributed by atoms with Crippen molar-refractivity contribution in [3.05, 3.63) is 0 Å². The van der Waals surface area contributed by atoms with Crippen molar-refractivity contribution in [2.75, 3.05) is 40.4 Å². The first kappa shape index (κ1) is 16.8. The van der Waals surface area contributed by atoms with Gasteiger partial charge < -0.3 is 15.1 Å². The molecule has 0 unspecified atom stereocenters. The largest absolute Gasteiger partial charge is 0.335 e. The molecule has 0 radical (unpaired) electrons. The minimum Gasteiger partial charge on any atom is -0.335 e. The minimum absolute atomic E-state index is 0.0165. The Morgan fingerprint density at radius 1 is 1.45 bits per heavy atom. The van der Waals surface area contributed by atoms with Crippen molar-refractivity contribution in [2.45, 2.75) is 33.7 Å². The molecule has 1 rings (SSSR count). The second-order valence-electron chi connectivity index (χ2n) is 6.49. The van der Waals surface area contributed by atoms with Crippen molar-refractivity contribution in [3.63, 3.8) is 0 Å². The summed E-state index contributed by atoms with van der Waals surface area (Å²) in [6, 6.07) is -0.128. The van der Waals surface area contributed by atoms with E-state index in [2.05, 4.69) is 24.1 Å². The van der Waals surface area contributed by atoms with E-state index < -0.39 is 0 Å². The lowest BCUT2D eigenvalue weighted by Gasteiger charge is -2.35. The number of nitrogens with zero attached hydrogens (tertiary/aromatic N) is 3. The second kappa shape index (κ2) is 6.43. The van der Waals surface area contributed by atoms with Crippen LogP contribution in [0.1, 0.15) is 27.7 Å². The Hall–Kier alpha value is -1.30. The van der Waals surface area contributed by atoms with Crippen molar-refractivity contribution >= 4 is 11.9 Å². The van der Waals surface area contributed by atoms with Crippen LogP contribution in [0.5, 0.6) is 0 Å². The minimum atomic E-state index is -0.159. The van der Waals surface area contributed by atoms with Gasteiger partial charge in [0, 0.05) is 19.1 Å². The molecule has 0 spiro atoms. The summed E-state index contributed by atoms with van der Waals surface area (Å²) < 4.78 is 0. The van der Waals surface area contributed by atoms with Gasteiger partial charge in [-0.3, -0.25) is 9.69 Å². The van der Waals surface area contributed by atoms with Gasteiger partial charge in [-0.2, -0.15) is 0 Å². The highest BCUT2D eigenvalue weighted by Crippen LogP contribution is 2.21. The van der Waals surface area contributed by atoms with E-state index in [1.807, 2.05) is 27.9 Å². The molecule has 1 aliphatic heterocycles. The molecule has 1 fully saturated rings. The third-order valence-electron chi connectivity index (χ3n) is 3.93. The average molecular weight is 284 g/mol. The SMILES string of the molecule is CCN1CN(C(=O)N[C@H](C)C(C)(C)CN(C)C)CC1=O. The van der Waals surface area contributed by atoms with E-state index in [1.54, 1.807) is 9.80 Å². The van der Waals surface area contributed by atoms with Crippen LogP contribution in [0.25, 0.3) is 0 Å². The molecule has 1 N–H and O–H groups in total. The molecule has 0 aromatic carbocycles. The molecule has 0 saturated carbocycles. The maximum absolute atomic E-state index is 12.2. The van der Waals surface area contributed by atoms with Crippen LogP contribution in [-0.2, 0) is 4.79 Å². The summed E-state index contributed by atoms with van der Waals surface area (Å²) in [4.78, 5) is 29.2. The summed E-state index contributed by atoms with van der Waals surface area (Å²) in [7, 11) is 4.04. The summed E-state index contributed by atoms with van der Waals surface area (Å²) in [5, 5.41) is 3.01. The molecule has 1 heterocycles. The molecule has 1 saturated heterocycles. The van der Waals surface area contributed by atoms with Crippen molar-refractivity contribution in [2.24, 2.45) is 5.41 Å². The first-order valence-corrected chi connectivity index (χ1v) is 7.15. The van der Waals surface area contributed by atoms with Gasteiger partial charge >= 0.3 is 6.03 Å². The fourth-order valence-electron chi connectivity index (χ4n) is 2.43. The van der Waals surface area contributed by atoms with Crippen LogP contribution in [0.3, 0.4) is 0 Å². The predicted octanol–water partition coefficient (Wildman–Crippen LogP) is 0.794. The van der Waals surface area contributed by atoms with Gasteiger partial charge in [0.05, 0.1) is 6.67 Å². The van der Waals surface area contributed by atoms with Crippen LogP contribution in [-0.4, -0.2) is 73.1 Å². The van der Waals surface area contributed by atoms with Gasteiger partial charge in [0.1, 0.15) is 6.54 Å². The summed E-state index contributed by atoms with van der Waals surface area (Å²) >= 11 is 0. The topological polar surface area (TPSA) is 55.9 Å². The number of nitrogens with one attached hydrogen (secondary N) is 1. The smallest absolute Gasteiger partial charge is 0.319 e. The zero-order valence-corrected chi connectivity index (χ0v) is 13.6. The molecule has 6 heteroatoms. The summed E-state index contributed by atoms with van der Waals surface area (Å²) in [6.45, 7) is 10.3. The number of rotatable bonds is 5. The fourth-order valence-corrected chi connectivity index (χ4v) is 2.43. The van der Waals surface area contributed by atoms with Gasteiger partial charge in [0.25, 0.3) is 0 Å². The number of hydrogen-bond acceptors (Lipinski definition) is 3. The number of likely N-dealkylation sites (N-methyl/N-ethyl adjacent to an activating group) is 1. The van der Waals surface area contributed by atoms with Gasteiger partial charge in [-0.1, -0.05) is 13.8 Å². The molecule has 0 aliphatic carbocycles. The van der Waals surface area contributed by atoms with Crippen molar-refractivity contribution in [3.8, 4) is 0 Å². The normalized spacial score (nSPS) is 17.9. The molecule has 1 aliphatic rings. The molecule has 0 aromatic heterocycles. The molecule has 6 nitrogen and oxygen atoms in total. The van der Waals surface area contributed by atoms with Crippen molar-refractivity contribution < 1.29 is 9.59 Å². The van der Waals surface area contributed by atoms with Crippen LogP contribution in [0.4, 0.5) is 4.79 Å². The average Bonchev–Trinajstić information content (AvgIpc) is 2.68. The maximum Gasteiger partial charge on any atom is 0.319 e. The zero-order valence-electron chi connectivity index (χ0n) is 13.6. The number of amides is 3. The van der Waals surface area contributed by atoms with E-state index in [0.717, 1.165) is 6.54 Å². The lowest BCUT2D eigenvalue weighted by molar-refractivity contribution is -0.126. The highest BCUT2D eigenvalue weighted by Gasteiger charge is 2.33. The third-order valence-corrected chi connectivity index (χ3v) is 3.93. The number of hydrogen-bond donors (Lipinski definition) is 1. The van der Waals surface area contributed by atoms with Crippen LogP contribution in [0.15, 0.2) is 0 Å². The van der Waals surface area contributed by atoms with Gasteiger partial charge in [0.15, 0.2) is 0 Å². The van der Waals surface area contributed by atoms with Gasteiger partial charge in [-0.25, -0.2) is 4.79 Å². The number of carbonyl (C=O) groups excluding carboxylic acids is 2. The highest BCUT2D eigenvalue weighted by molar-refractivity contribution is 5.87. The molecular formula is C14H28N4O2. The molecule has 1 atom stereocenters. The molecular weight excluding hydrogens is 256 g/mol. The predicted molar refractivity (Wildman–Crippen MR) is 79.3 cm³/mol. The van der Waals surface area contributed by atoms with Crippen molar-refractivity contribution in [1.29, 1.82) is 0 Å².